The minimum atomic E-state index is -0.489. The van der Waals surface area contributed by atoms with Gasteiger partial charge in [-0.15, -0.1) is 16.8 Å². The highest BCUT2D eigenvalue weighted by atomic mass is 32.2. The zero-order valence-corrected chi connectivity index (χ0v) is 16.2. The first kappa shape index (κ1) is 19.6. The average Bonchev–Trinajstić information content (AvgIpc) is 3.26. The number of allylic oxidation sites excluding steroid dienone is 1. The van der Waals surface area contributed by atoms with E-state index in [1.54, 1.807) is 18.2 Å². The molecular weight excluding hydrogens is 380 g/mol. The number of nitro benzene ring substituents is 1. The van der Waals surface area contributed by atoms with Crippen LogP contribution in [-0.4, -0.2) is 31.2 Å². The number of thioether (sulfide) groups is 1. The Hall–Kier alpha value is -3.20. The summed E-state index contributed by atoms with van der Waals surface area (Å²) in [5, 5.41) is 18.9. The molecule has 0 spiro atoms. The predicted octanol–water partition coefficient (Wildman–Crippen LogP) is 4.22. The van der Waals surface area contributed by atoms with E-state index in [-0.39, 0.29) is 28.3 Å². The van der Waals surface area contributed by atoms with Crippen LogP contribution in [0, 0.1) is 24.0 Å². The number of nitrogens with zero attached hydrogens (tertiary/aromatic N) is 4. The van der Waals surface area contributed by atoms with Gasteiger partial charge < -0.3 is 8.98 Å². The molecule has 0 aliphatic heterocycles. The summed E-state index contributed by atoms with van der Waals surface area (Å²) in [6.45, 7) is 8.24. The van der Waals surface area contributed by atoms with Crippen molar-refractivity contribution >= 4 is 23.2 Å². The molecule has 0 N–H and O–H groups in total. The lowest BCUT2D eigenvalue weighted by molar-refractivity contribution is -0.384. The number of ketones is 1. The smallest absolute Gasteiger partial charge is 0.277 e. The minimum Gasteiger partial charge on any atom is -0.411 e. The molecule has 3 rings (SSSR count). The van der Waals surface area contributed by atoms with Gasteiger partial charge in [-0.3, -0.25) is 14.9 Å². The van der Waals surface area contributed by atoms with Crippen LogP contribution in [0.4, 0.5) is 5.69 Å². The molecule has 0 atom stereocenters. The molecule has 8 nitrogen and oxygen atoms in total. The number of aryl methyl sites for hydroxylation is 1. The van der Waals surface area contributed by atoms with Crippen LogP contribution in [0.5, 0.6) is 0 Å². The molecule has 0 saturated heterocycles. The van der Waals surface area contributed by atoms with Crippen LogP contribution in [0.2, 0.25) is 0 Å². The van der Waals surface area contributed by atoms with Gasteiger partial charge in [-0.25, -0.2) is 0 Å². The molecule has 1 aromatic carbocycles. The summed E-state index contributed by atoms with van der Waals surface area (Å²) in [5.41, 5.74) is 2.94. The molecule has 9 heteroatoms. The summed E-state index contributed by atoms with van der Waals surface area (Å²) in [4.78, 5) is 23.0. The molecule has 0 aliphatic carbocycles. The third-order valence-corrected chi connectivity index (χ3v) is 5.04. The second-order valence-corrected chi connectivity index (χ2v) is 7.00. The van der Waals surface area contributed by atoms with Gasteiger partial charge in [-0.1, -0.05) is 23.9 Å². The summed E-state index contributed by atoms with van der Waals surface area (Å²) < 4.78 is 7.56. The molecule has 0 radical (unpaired) electrons. The summed E-state index contributed by atoms with van der Waals surface area (Å²) in [6, 6.07) is 7.81. The van der Waals surface area contributed by atoms with Gasteiger partial charge in [0.05, 0.1) is 10.7 Å². The molecule has 0 bridgehead atoms. The van der Waals surface area contributed by atoms with E-state index < -0.39 is 4.92 Å². The summed E-state index contributed by atoms with van der Waals surface area (Å²) >= 11 is 1.13. The van der Waals surface area contributed by atoms with Crippen molar-refractivity contribution in [3.05, 3.63) is 70.1 Å². The first-order chi connectivity index (χ1) is 13.4. The molecule has 0 unspecified atom stereocenters. The molecule has 144 valence electrons. The quantitative estimate of drug-likeness (QED) is 0.184. The number of hydrogen-bond donors (Lipinski definition) is 0. The number of aromatic nitrogens is 3. The van der Waals surface area contributed by atoms with Crippen molar-refractivity contribution in [2.45, 2.75) is 25.6 Å². The fourth-order valence-corrected chi connectivity index (χ4v) is 3.48. The maximum atomic E-state index is 12.6. The van der Waals surface area contributed by atoms with E-state index in [0.29, 0.717) is 17.7 Å². The van der Waals surface area contributed by atoms with Crippen molar-refractivity contribution < 1.29 is 14.1 Å². The monoisotopic (exact) mass is 398 g/mol. The molecule has 2 heterocycles. The van der Waals surface area contributed by atoms with Crippen LogP contribution in [0.25, 0.3) is 11.5 Å². The van der Waals surface area contributed by atoms with Gasteiger partial charge in [0.15, 0.2) is 5.78 Å². The van der Waals surface area contributed by atoms with Gasteiger partial charge in [-0.2, -0.15) is 0 Å². The summed E-state index contributed by atoms with van der Waals surface area (Å²) in [6.07, 6.45) is 1.79. The third kappa shape index (κ3) is 4.04. The van der Waals surface area contributed by atoms with Crippen molar-refractivity contribution in [2.24, 2.45) is 0 Å². The minimum absolute atomic E-state index is 0.0384. The van der Waals surface area contributed by atoms with E-state index in [1.165, 1.54) is 12.1 Å². The second-order valence-electron chi connectivity index (χ2n) is 6.08. The van der Waals surface area contributed by atoms with E-state index in [1.807, 2.05) is 24.5 Å². The number of non-ortho nitro benzene ring substituents is 1. The van der Waals surface area contributed by atoms with E-state index in [4.69, 9.17) is 4.42 Å². The van der Waals surface area contributed by atoms with Gasteiger partial charge in [0.1, 0.15) is 0 Å². The summed E-state index contributed by atoms with van der Waals surface area (Å²) in [5.74, 6) is 0.279. The van der Waals surface area contributed by atoms with Crippen molar-refractivity contribution in [3.8, 4) is 11.5 Å². The van der Waals surface area contributed by atoms with Gasteiger partial charge in [0.2, 0.25) is 5.89 Å². The molecule has 0 aliphatic rings. The highest BCUT2D eigenvalue weighted by Gasteiger charge is 2.18. The first-order valence-electron chi connectivity index (χ1n) is 8.42. The van der Waals surface area contributed by atoms with Crippen molar-refractivity contribution in [1.29, 1.82) is 0 Å². The highest BCUT2D eigenvalue weighted by Crippen LogP contribution is 2.27. The van der Waals surface area contributed by atoms with Crippen LogP contribution in [0.3, 0.4) is 0 Å². The van der Waals surface area contributed by atoms with Gasteiger partial charge in [-0.05, 0) is 26.0 Å². The maximum absolute atomic E-state index is 12.6. The fraction of sp³-hybridized carbons (Fsp3) is 0.211. The molecule has 3 aromatic rings. The number of hydrogen-bond acceptors (Lipinski definition) is 7. The van der Waals surface area contributed by atoms with Gasteiger partial charge >= 0.3 is 0 Å². The Morgan fingerprint density at radius 1 is 1.36 bits per heavy atom. The van der Waals surface area contributed by atoms with Gasteiger partial charge in [0, 0.05) is 41.2 Å². The molecular formula is C19H18N4O4S. The maximum Gasteiger partial charge on any atom is 0.277 e. The number of carbonyl (C=O) groups is 1. The Kier molecular flexibility index (Phi) is 5.74. The molecule has 0 fully saturated rings. The molecule has 28 heavy (non-hydrogen) atoms. The van der Waals surface area contributed by atoms with E-state index >= 15 is 0 Å². The molecule has 0 saturated carbocycles. The Bertz CT molecular complexity index is 1050. The second kappa shape index (κ2) is 8.22. The largest absolute Gasteiger partial charge is 0.411 e. The zero-order valence-electron chi connectivity index (χ0n) is 15.4. The van der Waals surface area contributed by atoms with Gasteiger partial charge in [0.25, 0.3) is 10.9 Å². The number of Topliss-reactive ketones (excluding diaryl/α,β-unsaturated/α-hetero) is 1. The fourth-order valence-electron chi connectivity index (χ4n) is 2.84. The normalized spacial score (nSPS) is 10.8. The van der Waals surface area contributed by atoms with Crippen LogP contribution in [0.1, 0.15) is 21.7 Å². The lowest BCUT2D eigenvalue weighted by atomic mass is 10.2. The average molecular weight is 398 g/mol. The van der Waals surface area contributed by atoms with Crippen molar-refractivity contribution in [3.63, 3.8) is 0 Å². The highest BCUT2D eigenvalue weighted by molar-refractivity contribution is 7.99. The van der Waals surface area contributed by atoms with Crippen LogP contribution < -0.4 is 0 Å². The lowest BCUT2D eigenvalue weighted by Crippen LogP contribution is -2.06. The Balaban J connectivity index is 1.70. The Morgan fingerprint density at radius 2 is 2.14 bits per heavy atom. The Morgan fingerprint density at radius 3 is 2.86 bits per heavy atom. The first-order valence-corrected chi connectivity index (χ1v) is 9.41. The number of nitro groups is 1. The molecule has 2 aromatic heterocycles. The standard InChI is InChI=1S/C19H18N4O4S/c1-4-8-22-12(2)9-16(13(22)3)17(24)11-28-19-21-20-18(27-19)14-6-5-7-15(10-14)23(25)26/h4-7,9-10H,1,8,11H2,2-3H3. The molecule has 0 amide bonds. The topological polar surface area (TPSA) is 104 Å². The predicted molar refractivity (Wildman–Crippen MR) is 106 cm³/mol. The summed E-state index contributed by atoms with van der Waals surface area (Å²) in [7, 11) is 0. The van der Waals surface area contributed by atoms with E-state index in [9.17, 15) is 14.9 Å². The van der Waals surface area contributed by atoms with Crippen molar-refractivity contribution in [2.75, 3.05) is 5.75 Å². The van der Waals surface area contributed by atoms with Crippen LogP contribution >= 0.6 is 11.8 Å². The number of benzene rings is 1. The Labute approximate surface area is 165 Å². The van der Waals surface area contributed by atoms with E-state index in [2.05, 4.69) is 16.8 Å². The third-order valence-electron chi connectivity index (χ3n) is 4.22. The zero-order chi connectivity index (χ0) is 20.3. The lowest BCUT2D eigenvalue weighted by Gasteiger charge is -2.05. The van der Waals surface area contributed by atoms with Crippen LogP contribution in [0.15, 0.2) is 52.6 Å². The SMILES string of the molecule is C=CCn1c(C)cc(C(=O)CSc2nnc(-c3cccc([N+](=O)[O-])c3)o2)c1C. The van der Waals surface area contributed by atoms with E-state index in [0.717, 1.165) is 23.1 Å². The van der Waals surface area contributed by atoms with Crippen LogP contribution in [-0.2, 0) is 6.54 Å². The van der Waals surface area contributed by atoms with Crippen molar-refractivity contribution in [1.82, 2.24) is 14.8 Å². The number of carbonyl (C=O) groups excluding carboxylic acids is 1. The number of rotatable bonds is 8.